The van der Waals surface area contributed by atoms with Gasteiger partial charge in [0.2, 0.25) is 5.78 Å². The number of carbonyl (C=O) groups excluding carboxylic acids is 6. The number of aliphatic hydroxyl groups is 5. The summed E-state index contributed by atoms with van der Waals surface area (Å²) in [6, 6.07) is 2.01. The highest BCUT2D eigenvalue weighted by molar-refractivity contribution is 6.25. The summed E-state index contributed by atoms with van der Waals surface area (Å²) in [6.07, 6.45) is 5.18. The maximum Gasteiger partial charge on any atom is 0.312 e. The first-order valence-corrected chi connectivity index (χ1v) is 30.3. The molecule has 4 heterocycles. The van der Waals surface area contributed by atoms with Gasteiger partial charge >= 0.3 is 11.8 Å². The fourth-order valence-corrected chi connectivity index (χ4v) is 13.6. The van der Waals surface area contributed by atoms with Gasteiger partial charge in [0.15, 0.2) is 17.1 Å². The minimum atomic E-state index is -2.63. The van der Waals surface area contributed by atoms with Crippen LogP contribution < -0.4 is 20.7 Å². The number of aromatic hydroxyl groups is 4. The number of ketones is 3. The lowest BCUT2D eigenvalue weighted by Crippen LogP contribution is -2.65. The molecule has 7 aliphatic rings. The van der Waals surface area contributed by atoms with Gasteiger partial charge in [-0.15, -0.1) is 0 Å². The molecule has 4 aliphatic heterocycles. The number of aliphatic hydroxyl groups excluding tert-OH is 4. The summed E-state index contributed by atoms with van der Waals surface area (Å²) in [4.78, 5) is 84.6. The van der Waals surface area contributed by atoms with E-state index in [1.807, 2.05) is 26.0 Å². The number of phenols is 4. The summed E-state index contributed by atoms with van der Waals surface area (Å²) in [5, 5.41) is 111. The molecule has 3 aromatic carbocycles. The van der Waals surface area contributed by atoms with Crippen molar-refractivity contribution in [1.29, 1.82) is 0 Å². The Kier molecular flexibility index (Phi) is 20.0. The summed E-state index contributed by atoms with van der Waals surface area (Å²) in [6.45, 7) is 15.1. The van der Waals surface area contributed by atoms with E-state index in [1.54, 1.807) is 65.0 Å². The van der Waals surface area contributed by atoms with Crippen LogP contribution in [0, 0.1) is 42.4 Å². The van der Waals surface area contributed by atoms with Crippen molar-refractivity contribution in [2.24, 2.45) is 46.3 Å². The number of esters is 1. The Morgan fingerprint density at radius 2 is 1.51 bits per heavy atom. The lowest BCUT2D eigenvalue weighted by atomic mass is 9.57. The van der Waals surface area contributed by atoms with E-state index in [9.17, 15) is 74.7 Å². The molecular formula is C66H85N7O19. The van der Waals surface area contributed by atoms with Gasteiger partial charge in [-0.1, -0.05) is 45.9 Å². The first kappa shape index (κ1) is 69.4. The second-order valence-corrected chi connectivity index (χ2v) is 25.4. The number of allylic oxidation sites excluding steroid dienone is 2. The molecule has 3 aliphatic carbocycles. The van der Waals surface area contributed by atoms with E-state index in [1.165, 1.54) is 70.4 Å². The molecule has 12 N–H and O–H groups in total. The van der Waals surface area contributed by atoms with Gasteiger partial charge in [-0.2, -0.15) is 5.10 Å². The summed E-state index contributed by atoms with van der Waals surface area (Å²) >= 11 is 0. The van der Waals surface area contributed by atoms with Crippen LogP contribution in [0.15, 0.2) is 70.3 Å². The Hall–Kier alpha value is -8.53. The number of ether oxygens (including phenoxy) is 4. The van der Waals surface area contributed by atoms with Crippen molar-refractivity contribution in [3.05, 3.63) is 93.0 Å². The lowest BCUT2D eigenvalue weighted by molar-refractivity contribution is -0.160. The third kappa shape index (κ3) is 12.3. The van der Waals surface area contributed by atoms with E-state index in [-0.39, 0.29) is 74.2 Å². The number of hydrogen-bond donors (Lipinski definition) is 11. The second-order valence-electron chi connectivity index (χ2n) is 25.4. The molecule has 26 nitrogen and oxygen atoms in total. The minimum absolute atomic E-state index is 0.0559. The third-order valence-corrected chi connectivity index (χ3v) is 18.9. The Morgan fingerprint density at radius 1 is 0.859 bits per heavy atom. The van der Waals surface area contributed by atoms with E-state index in [0.717, 1.165) is 18.8 Å². The molecule has 1 saturated carbocycles. The summed E-state index contributed by atoms with van der Waals surface area (Å²) in [7, 11) is 10.2. The monoisotopic (exact) mass is 1280 g/mol. The first-order valence-electron chi connectivity index (χ1n) is 30.3. The molecule has 26 heteroatoms. The number of hydrazone groups is 1. The van der Waals surface area contributed by atoms with Crippen LogP contribution in [-0.2, 0) is 44.6 Å². The molecule has 3 aromatic rings. The third-order valence-electron chi connectivity index (χ3n) is 18.9. The fourth-order valence-electron chi connectivity index (χ4n) is 13.6. The number of amides is 2. The van der Waals surface area contributed by atoms with Crippen molar-refractivity contribution >= 4 is 69.3 Å². The molecule has 498 valence electrons. The summed E-state index contributed by atoms with van der Waals surface area (Å²) < 4.78 is 23.6. The SMILES string of the molecule is CN(C)c1ccc(O)c2c1C[C@H]1C[C@H]3[C@H](N(C)C)C(=O)C(C(N)=O)=C(O)[C@@]3(O)C(=O)C1=C2O.CO[C@H]1/C=C/O[C@@]2(C)Oc3c(C)c(O)c4c(O)c(c(/C=N\N5CCN(C)CC5)c(O)c4c3C2=O)NC(=O)/C(C)=C\C=C\[C@H](C)[C@H](O)[C@@H](C)[C@@H](O)[C@@H](C)[C@H](OC(C)=O)[C@@H]1C. The number of primary amides is 1. The fraction of sp³-hybridized carbons (Fsp3) is 0.500. The van der Waals surface area contributed by atoms with Gasteiger partial charge in [-0.05, 0) is 77.5 Å². The number of likely N-dealkylation sites (N-methyl/N-ethyl adjacent to an activating group) is 2. The summed E-state index contributed by atoms with van der Waals surface area (Å²) in [5.41, 5.74) is 2.80. The van der Waals surface area contributed by atoms with E-state index in [0.29, 0.717) is 18.7 Å². The number of fused-ring (bicyclic) bond motifs is 17. The van der Waals surface area contributed by atoms with Gasteiger partial charge in [0.25, 0.3) is 17.6 Å². The van der Waals surface area contributed by atoms with Crippen LogP contribution in [0.4, 0.5) is 11.4 Å². The molecule has 10 rings (SSSR count). The largest absolute Gasteiger partial charge is 0.508 e. The van der Waals surface area contributed by atoms with Gasteiger partial charge in [0, 0.05) is 119 Å². The topological polar surface area (TPSA) is 385 Å². The average molecular weight is 1280 g/mol. The predicted molar refractivity (Wildman–Crippen MR) is 339 cm³/mol. The van der Waals surface area contributed by atoms with Crippen LogP contribution in [0.25, 0.3) is 16.5 Å². The molecule has 1 saturated heterocycles. The number of carbonyl (C=O) groups is 6. The molecule has 5 bridgehead atoms. The molecule has 2 amide bonds. The molecule has 0 radical (unpaired) electrons. The van der Waals surface area contributed by atoms with Gasteiger partial charge in [-0.25, -0.2) is 0 Å². The van der Waals surface area contributed by atoms with Crippen molar-refractivity contribution in [3.8, 4) is 28.7 Å². The molecule has 13 atom stereocenters. The number of phenolic OH excluding ortho intramolecular Hbond substituents is 4. The molecule has 0 aromatic heterocycles. The molecule has 0 spiro atoms. The van der Waals surface area contributed by atoms with Gasteiger partial charge in [0.1, 0.15) is 46.2 Å². The van der Waals surface area contributed by atoms with Crippen LogP contribution in [0.3, 0.4) is 0 Å². The number of nitrogens with zero attached hydrogens (tertiary/aromatic N) is 5. The molecular weight excluding hydrogens is 1190 g/mol. The number of nitrogens with one attached hydrogen (secondary N) is 1. The van der Waals surface area contributed by atoms with Gasteiger partial charge in [-0.3, -0.25) is 38.7 Å². The predicted octanol–water partition coefficient (Wildman–Crippen LogP) is 4.37. The first-order chi connectivity index (χ1) is 43.1. The maximum absolute atomic E-state index is 14.4. The standard InChI is InChI=1S/C43H58N4O12.C23H27N3O7/c1-21-12-11-13-22(2)42(55)45-33-28(20-44-47-17-15-46(9)16-18-47)37(52)30-31(38(33)53)36(51)26(6)40-32(30)41(54)43(8,59-40)57-19-14-29(56-10)23(3)39(58-27(7)48)25(5)35(50)24(4)34(21)49;1-25(2)12-5-6-13(27)15-10(12)7-9-8-11-17(26(3)4)19(29)16(22(24)32)21(31)23(11,33)20(30)14(9)18(15)28/h11-14,19-21,23-25,29,34-35,39,49-53H,15-18H2,1-10H3,(H,45,55);5-6,9,11,17,27-28,31,33H,7-8H2,1-4H3,(H2,24,32)/b12-11+,19-14+,22-13-,44-20-;/t21-,23+,24+,25+,29-,34-,35+,39+,43-;9-,11-,17-,23-/m00/s1. The van der Waals surface area contributed by atoms with Crippen molar-refractivity contribution in [1.82, 2.24) is 14.8 Å². The maximum atomic E-state index is 14.4. The average Bonchev–Trinajstić information content (AvgIpc) is 0.951. The highest BCUT2D eigenvalue weighted by Gasteiger charge is 2.64. The zero-order chi connectivity index (χ0) is 68.2. The molecule has 92 heavy (non-hydrogen) atoms. The lowest BCUT2D eigenvalue weighted by Gasteiger charge is -2.50. The number of nitrogens with two attached hydrogens (primary N) is 1. The Balaban J connectivity index is 0.000000277. The highest BCUT2D eigenvalue weighted by Crippen LogP contribution is 2.56. The van der Waals surface area contributed by atoms with E-state index < -0.39 is 147 Å². The van der Waals surface area contributed by atoms with Crippen LogP contribution in [0.2, 0.25) is 0 Å². The number of rotatable bonds is 7. The van der Waals surface area contributed by atoms with Crippen molar-refractivity contribution in [2.75, 3.05) is 78.7 Å². The molecule has 0 unspecified atom stereocenters. The van der Waals surface area contributed by atoms with Crippen LogP contribution in [0.1, 0.15) is 87.5 Å². The Bertz CT molecular complexity index is 3690. The zero-order valence-corrected chi connectivity index (χ0v) is 54.1. The number of benzene rings is 3. The zero-order valence-electron chi connectivity index (χ0n) is 54.1. The number of methoxy groups -OCH3 is 1. The van der Waals surface area contributed by atoms with Crippen LogP contribution in [0.5, 0.6) is 28.7 Å². The van der Waals surface area contributed by atoms with Crippen molar-refractivity contribution in [2.45, 2.75) is 110 Å². The number of anilines is 2. The number of piperazine rings is 1. The normalized spacial score (nSPS) is 31.0. The quantitative estimate of drug-likeness (QED) is 0.0514. The van der Waals surface area contributed by atoms with E-state index >= 15 is 0 Å². The van der Waals surface area contributed by atoms with E-state index in [2.05, 4.69) is 15.3 Å². The number of hydrogen-bond acceptors (Lipinski definition) is 24. The second kappa shape index (κ2) is 26.6. The van der Waals surface area contributed by atoms with Crippen molar-refractivity contribution in [3.63, 3.8) is 0 Å². The molecule has 2 fully saturated rings. The van der Waals surface area contributed by atoms with Crippen LogP contribution >= 0.6 is 0 Å². The van der Waals surface area contributed by atoms with Gasteiger partial charge < -0.3 is 85.8 Å². The minimum Gasteiger partial charge on any atom is -0.508 e. The Labute approximate surface area is 532 Å². The number of Topliss-reactive ketones (excluding diaryl/α,β-unsaturated/α-hetero) is 3. The Morgan fingerprint density at radius 3 is 2.11 bits per heavy atom. The summed E-state index contributed by atoms with van der Waals surface area (Å²) in [5.74, 6) is -14.9. The van der Waals surface area contributed by atoms with E-state index in [4.69, 9.17) is 24.7 Å². The smallest absolute Gasteiger partial charge is 0.312 e. The van der Waals surface area contributed by atoms with Crippen LogP contribution in [-0.4, -0.2) is 212 Å². The highest BCUT2D eigenvalue weighted by atomic mass is 16.7. The van der Waals surface area contributed by atoms with Crippen molar-refractivity contribution < 1.29 is 93.7 Å². The van der Waals surface area contributed by atoms with Gasteiger partial charge in [0.05, 0.1) is 64.6 Å².